The van der Waals surface area contributed by atoms with Gasteiger partial charge in [-0.25, -0.2) is 4.79 Å². The number of nitro benzene ring substituents is 1. The van der Waals surface area contributed by atoms with Crippen LogP contribution in [0.15, 0.2) is 24.3 Å². The molecule has 1 aromatic rings. The van der Waals surface area contributed by atoms with Gasteiger partial charge in [0.1, 0.15) is 0 Å². The van der Waals surface area contributed by atoms with Gasteiger partial charge in [0.2, 0.25) is 0 Å². The van der Waals surface area contributed by atoms with Crippen LogP contribution >= 0.6 is 0 Å². The van der Waals surface area contributed by atoms with Crippen LogP contribution in [0, 0.1) is 16.0 Å². The number of rotatable bonds is 6. The van der Waals surface area contributed by atoms with E-state index in [0.717, 1.165) is 5.56 Å². The average molecular weight is 309 g/mol. The van der Waals surface area contributed by atoms with Gasteiger partial charge in [-0.3, -0.25) is 14.9 Å². The largest absolute Gasteiger partial charge is 0.481 e. The molecule has 2 atom stereocenters. The van der Waals surface area contributed by atoms with Gasteiger partial charge in [-0.05, 0) is 12.5 Å². The summed E-state index contributed by atoms with van der Waals surface area (Å²) in [7, 11) is 1.51. The van der Waals surface area contributed by atoms with E-state index >= 15 is 0 Å². The molecule has 8 heteroatoms. The second kappa shape index (κ2) is 7.39. The fourth-order valence-corrected chi connectivity index (χ4v) is 1.84. The number of benzene rings is 1. The van der Waals surface area contributed by atoms with E-state index in [1.165, 1.54) is 31.0 Å². The number of nitrogens with one attached hydrogen (secondary N) is 1. The molecule has 0 aliphatic heterocycles. The number of carboxylic acid groups (broad SMARTS) is 1. The first kappa shape index (κ1) is 17.4. The molecule has 0 fully saturated rings. The van der Waals surface area contributed by atoms with Crippen LogP contribution < -0.4 is 5.32 Å². The summed E-state index contributed by atoms with van der Waals surface area (Å²) in [6.07, 6.45) is 0. The van der Waals surface area contributed by atoms with E-state index in [4.69, 9.17) is 5.11 Å². The van der Waals surface area contributed by atoms with E-state index in [2.05, 4.69) is 5.32 Å². The fraction of sp³-hybridized carbons (Fsp3) is 0.429. The first-order valence-electron chi connectivity index (χ1n) is 6.71. The van der Waals surface area contributed by atoms with Crippen molar-refractivity contribution in [2.75, 3.05) is 13.6 Å². The molecule has 2 N–H and O–H groups in total. The molecule has 1 rings (SSSR count). The third-order valence-corrected chi connectivity index (χ3v) is 3.26. The molecule has 8 nitrogen and oxygen atoms in total. The van der Waals surface area contributed by atoms with Crippen LogP contribution in [0.4, 0.5) is 10.5 Å². The second-order valence-corrected chi connectivity index (χ2v) is 5.14. The van der Waals surface area contributed by atoms with Crippen LogP contribution in [-0.4, -0.2) is 40.5 Å². The molecule has 0 spiro atoms. The number of aliphatic carboxylic acids is 1. The van der Waals surface area contributed by atoms with Gasteiger partial charge in [0.15, 0.2) is 0 Å². The molecule has 0 aromatic heterocycles. The molecule has 0 heterocycles. The summed E-state index contributed by atoms with van der Waals surface area (Å²) in [5, 5.41) is 22.1. The maximum absolute atomic E-state index is 12.0. The minimum Gasteiger partial charge on any atom is -0.481 e. The van der Waals surface area contributed by atoms with Gasteiger partial charge in [-0.15, -0.1) is 0 Å². The Kier molecular flexibility index (Phi) is 5.85. The number of amides is 2. The first-order chi connectivity index (χ1) is 10.2. The third kappa shape index (κ3) is 4.72. The molecule has 0 radical (unpaired) electrons. The van der Waals surface area contributed by atoms with Crippen molar-refractivity contribution in [2.45, 2.75) is 19.9 Å². The van der Waals surface area contributed by atoms with Gasteiger partial charge in [0.25, 0.3) is 5.69 Å². The van der Waals surface area contributed by atoms with E-state index in [-0.39, 0.29) is 18.3 Å². The summed E-state index contributed by atoms with van der Waals surface area (Å²) >= 11 is 0. The van der Waals surface area contributed by atoms with E-state index in [9.17, 15) is 19.7 Å². The van der Waals surface area contributed by atoms with Crippen LogP contribution in [0.2, 0.25) is 0 Å². The number of nitro groups is 1. The van der Waals surface area contributed by atoms with Crippen molar-refractivity contribution >= 4 is 17.7 Å². The standard InChI is InChI=1S/C14H19N3O5/c1-9(13(18)19)8-16(3)14(20)15-10(2)11-4-6-12(7-5-11)17(21)22/h4-7,9-10H,8H2,1-3H3,(H,15,20)(H,18,19)/t9?,10-/m0/s1. The normalized spacial score (nSPS) is 13.0. The molecular weight excluding hydrogens is 290 g/mol. The minimum absolute atomic E-state index is 0.0188. The summed E-state index contributed by atoms with van der Waals surface area (Å²) in [5.74, 6) is -1.63. The Labute approximate surface area is 127 Å². The number of hydrogen-bond donors (Lipinski definition) is 2. The Hall–Kier alpha value is -2.64. The molecule has 0 saturated heterocycles. The van der Waals surface area contributed by atoms with Crippen molar-refractivity contribution in [3.05, 3.63) is 39.9 Å². The number of nitrogens with zero attached hydrogens (tertiary/aromatic N) is 2. The van der Waals surface area contributed by atoms with Gasteiger partial charge >= 0.3 is 12.0 Å². The fourth-order valence-electron chi connectivity index (χ4n) is 1.84. The molecule has 22 heavy (non-hydrogen) atoms. The number of carbonyl (C=O) groups is 2. The predicted octanol–water partition coefficient (Wildman–Crippen LogP) is 2.02. The minimum atomic E-state index is -0.969. The molecule has 0 saturated carbocycles. The highest BCUT2D eigenvalue weighted by molar-refractivity contribution is 5.76. The van der Waals surface area contributed by atoms with Crippen LogP contribution in [0.1, 0.15) is 25.5 Å². The Morgan fingerprint density at radius 1 is 1.32 bits per heavy atom. The Morgan fingerprint density at radius 2 is 1.86 bits per heavy atom. The smallest absolute Gasteiger partial charge is 0.317 e. The highest BCUT2D eigenvalue weighted by Crippen LogP contribution is 2.17. The highest BCUT2D eigenvalue weighted by atomic mass is 16.6. The van der Waals surface area contributed by atoms with Crippen LogP contribution in [0.3, 0.4) is 0 Å². The molecule has 0 bridgehead atoms. The van der Waals surface area contributed by atoms with Crippen molar-refractivity contribution in [3.63, 3.8) is 0 Å². The number of carbonyl (C=O) groups excluding carboxylic acids is 1. The predicted molar refractivity (Wildman–Crippen MR) is 79.5 cm³/mol. The summed E-state index contributed by atoms with van der Waals surface area (Å²) in [6, 6.07) is 5.13. The Morgan fingerprint density at radius 3 is 2.32 bits per heavy atom. The maximum Gasteiger partial charge on any atom is 0.317 e. The van der Waals surface area contributed by atoms with Gasteiger partial charge in [-0.1, -0.05) is 19.1 Å². The lowest BCUT2D eigenvalue weighted by Crippen LogP contribution is -2.41. The quantitative estimate of drug-likeness (QED) is 0.616. The molecule has 2 amide bonds. The monoisotopic (exact) mass is 309 g/mol. The van der Waals surface area contributed by atoms with E-state index in [1.54, 1.807) is 19.1 Å². The molecule has 0 aliphatic carbocycles. The van der Waals surface area contributed by atoms with Crippen molar-refractivity contribution in [1.82, 2.24) is 10.2 Å². The van der Waals surface area contributed by atoms with Crippen molar-refractivity contribution in [3.8, 4) is 0 Å². The van der Waals surface area contributed by atoms with Crippen molar-refractivity contribution < 1.29 is 19.6 Å². The zero-order valence-corrected chi connectivity index (χ0v) is 12.6. The lowest BCUT2D eigenvalue weighted by atomic mass is 10.1. The lowest BCUT2D eigenvalue weighted by molar-refractivity contribution is -0.384. The lowest BCUT2D eigenvalue weighted by Gasteiger charge is -2.23. The van der Waals surface area contributed by atoms with E-state index < -0.39 is 22.8 Å². The number of urea groups is 1. The van der Waals surface area contributed by atoms with Gasteiger partial charge < -0.3 is 15.3 Å². The summed E-state index contributed by atoms with van der Waals surface area (Å²) in [6.45, 7) is 3.35. The van der Waals surface area contributed by atoms with Crippen molar-refractivity contribution in [1.29, 1.82) is 0 Å². The number of hydrogen-bond acceptors (Lipinski definition) is 4. The molecule has 1 unspecified atom stereocenters. The Balaban J connectivity index is 2.63. The van der Waals surface area contributed by atoms with Gasteiger partial charge in [0.05, 0.1) is 16.9 Å². The van der Waals surface area contributed by atoms with Crippen LogP contribution in [-0.2, 0) is 4.79 Å². The van der Waals surface area contributed by atoms with Crippen molar-refractivity contribution in [2.24, 2.45) is 5.92 Å². The molecule has 1 aromatic carbocycles. The topological polar surface area (TPSA) is 113 Å². The van der Waals surface area contributed by atoms with Crippen LogP contribution in [0.5, 0.6) is 0 Å². The average Bonchev–Trinajstić information content (AvgIpc) is 2.46. The summed E-state index contributed by atoms with van der Waals surface area (Å²) in [5.41, 5.74) is 0.702. The van der Waals surface area contributed by atoms with Gasteiger partial charge in [-0.2, -0.15) is 0 Å². The second-order valence-electron chi connectivity index (χ2n) is 5.14. The SMILES string of the molecule is CC(CN(C)C(=O)N[C@@H](C)c1ccc([N+](=O)[O-])cc1)C(=O)O. The van der Waals surface area contributed by atoms with E-state index in [0.29, 0.717) is 0 Å². The third-order valence-electron chi connectivity index (χ3n) is 3.26. The molecule has 120 valence electrons. The van der Waals surface area contributed by atoms with Crippen LogP contribution in [0.25, 0.3) is 0 Å². The molecule has 0 aliphatic rings. The first-order valence-corrected chi connectivity index (χ1v) is 6.71. The van der Waals surface area contributed by atoms with E-state index in [1.807, 2.05) is 0 Å². The zero-order chi connectivity index (χ0) is 16.9. The summed E-state index contributed by atoms with van der Waals surface area (Å²) < 4.78 is 0. The summed E-state index contributed by atoms with van der Waals surface area (Å²) in [4.78, 5) is 34.1. The zero-order valence-electron chi connectivity index (χ0n) is 12.6. The van der Waals surface area contributed by atoms with Gasteiger partial charge in [0, 0.05) is 25.7 Å². The number of carboxylic acids is 1. The Bertz CT molecular complexity index is 558. The number of non-ortho nitro benzene ring substituents is 1. The highest BCUT2D eigenvalue weighted by Gasteiger charge is 2.19. The molecular formula is C14H19N3O5. The maximum atomic E-state index is 12.0.